The van der Waals surface area contributed by atoms with Gasteiger partial charge in [-0.1, -0.05) is 30.3 Å². The van der Waals surface area contributed by atoms with Crippen LogP contribution in [0.1, 0.15) is 22.5 Å². The van der Waals surface area contributed by atoms with Gasteiger partial charge in [0.1, 0.15) is 5.69 Å². The summed E-state index contributed by atoms with van der Waals surface area (Å²) in [6, 6.07) is 10.1. The number of aromatic nitrogens is 3. The van der Waals surface area contributed by atoms with Gasteiger partial charge in [0.05, 0.1) is 17.5 Å². The second-order valence-electron chi connectivity index (χ2n) is 4.30. The van der Waals surface area contributed by atoms with Crippen molar-refractivity contribution in [3.05, 3.63) is 53.9 Å². The first-order chi connectivity index (χ1) is 10.1. The van der Waals surface area contributed by atoms with Crippen molar-refractivity contribution >= 4 is 22.5 Å². The number of benzene rings is 1. The Labute approximate surface area is 123 Å². The summed E-state index contributed by atoms with van der Waals surface area (Å²) in [6.07, 6.45) is -1.62. The van der Waals surface area contributed by atoms with Crippen LogP contribution in [0.25, 0.3) is 16.9 Å². The molecule has 3 rings (SSSR count). The monoisotopic (exact) mass is 307 g/mol. The van der Waals surface area contributed by atoms with E-state index in [4.69, 9.17) is 11.6 Å². The number of carbonyl (C=O) groups excluding carboxylic acids is 1. The normalized spacial score (nSPS) is 11.2. The molecule has 21 heavy (non-hydrogen) atoms. The Balaban J connectivity index is 2.32. The highest BCUT2D eigenvalue weighted by atomic mass is 35.5. The second kappa shape index (κ2) is 5.21. The Morgan fingerprint density at radius 3 is 2.57 bits per heavy atom. The maximum absolute atomic E-state index is 13.2. The van der Waals surface area contributed by atoms with Crippen LogP contribution in [0.2, 0.25) is 0 Å². The summed E-state index contributed by atoms with van der Waals surface area (Å²) in [7, 11) is 0. The van der Waals surface area contributed by atoms with E-state index in [9.17, 15) is 13.6 Å². The maximum Gasteiger partial charge on any atom is 0.280 e. The van der Waals surface area contributed by atoms with Gasteiger partial charge in [-0.25, -0.2) is 18.3 Å². The molecule has 0 aliphatic rings. The number of rotatable bonds is 3. The standard InChI is InChI=1S/C14H8ClF2N3O/c15-12(21)9-7-18-20-11(13(16)17)6-10(19-14(9)20)8-4-2-1-3-5-8/h1-7,13H. The van der Waals surface area contributed by atoms with Crippen molar-refractivity contribution in [2.45, 2.75) is 6.43 Å². The number of hydrogen-bond donors (Lipinski definition) is 0. The SMILES string of the molecule is O=C(Cl)c1cnn2c(C(F)F)cc(-c3ccccc3)nc12. The third-order valence-corrected chi connectivity index (χ3v) is 3.21. The van der Waals surface area contributed by atoms with Crippen molar-refractivity contribution in [3.63, 3.8) is 0 Å². The average Bonchev–Trinajstić information content (AvgIpc) is 2.90. The van der Waals surface area contributed by atoms with E-state index in [1.165, 1.54) is 6.07 Å². The van der Waals surface area contributed by atoms with Crippen LogP contribution >= 0.6 is 11.6 Å². The van der Waals surface area contributed by atoms with E-state index in [0.717, 1.165) is 10.7 Å². The van der Waals surface area contributed by atoms with E-state index in [-0.39, 0.29) is 16.9 Å². The van der Waals surface area contributed by atoms with Crippen LogP contribution in [-0.4, -0.2) is 19.8 Å². The molecule has 0 unspecified atom stereocenters. The van der Waals surface area contributed by atoms with Crippen LogP contribution < -0.4 is 0 Å². The lowest BCUT2D eigenvalue weighted by Gasteiger charge is -2.07. The van der Waals surface area contributed by atoms with E-state index in [1.807, 2.05) is 6.07 Å². The first-order valence-electron chi connectivity index (χ1n) is 6.00. The molecular formula is C14H8ClF2N3O. The number of nitrogens with zero attached hydrogens (tertiary/aromatic N) is 3. The Kier molecular flexibility index (Phi) is 3.39. The third-order valence-electron chi connectivity index (χ3n) is 3.00. The van der Waals surface area contributed by atoms with Crippen molar-refractivity contribution in [2.24, 2.45) is 0 Å². The molecule has 4 nitrogen and oxygen atoms in total. The Hall–Kier alpha value is -2.34. The van der Waals surface area contributed by atoms with Gasteiger partial charge in [-0.15, -0.1) is 0 Å². The van der Waals surface area contributed by atoms with Crippen LogP contribution in [0.15, 0.2) is 42.6 Å². The molecule has 0 saturated carbocycles. The van der Waals surface area contributed by atoms with E-state index in [0.29, 0.717) is 11.3 Å². The molecule has 0 aliphatic heterocycles. The van der Waals surface area contributed by atoms with Crippen LogP contribution in [0.4, 0.5) is 8.78 Å². The van der Waals surface area contributed by atoms with E-state index in [1.54, 1.807) is 24.3 Å². The minimum Gasteiger partial charge on any atom is -0.275 e. The lowest BCUT2D eigenvalue weighted by atomic mass is 10.1. The number of hydrogen-bond acceptors (Lipinski definition) is 3. The van der Waals surface area contributed by atoms with Crippen molar-refractivity contribution in [2.75, 3.05) is 0 Å². The molecule has 0 spiro atoms. The zero-order valence-corrected chi connectivity index (χ0v) is 11.3. The Morgan fingerprint density at radius 2 is 1.95 bits per heavy atom. The van der Waals surface area contributed by atoms with Crippen molar-refractivity contribution in [1.29, 1.82) is 0 Å². The van der Waals surface area contributed by atoms with Crippen molar-refractivity contribution in [3.8, 4) is 11.3 Å². The van der Waals surface area contributed by atoms with Gasteiger partial charge in [0, 0.05) is 5.56 Å². The lowest BCUT2D eigenvalue weighted by Crippen LogP contribution is -2.03. The molecule has 3 aromatic rings. The molecule has 0 saturated heterocycles. The number of carbonyl (C=O) groups is 1. The fourth-order valence-corrected chi connectivity index (χ4v) is 2.17. The van der Waals surface area contributed by atoms with Crippen molar-refractivity contribution < 1.29 is 13.6 Å². The molecule has 0 aliphatic carbocycles. The molecule has 0 atom stereocenters. The first-order valence-corrected chi connectivity index (χ1v) is 6.38. The summed E-state index contributed by atoms with van der Waals surface area (Å²) >= 11 is 5.43. The molecule has 7 heteroatoms. The van der Waals surface area contributed by atoms with E-state index >= 15 is 0 Å². The van der Waals surface area contributed by atoms with Gasteiger partial charge in [0.25, 0.3) is 11.7 Å². The molecule has 0 radical (unpaired) electrons. The summed E-state index contributed by atoms with van der Waals surface area (Å²) in [5.41, 5.74) is 0.667. The molecule has 0 N–H and O–H groups in total. The topological polar surface area (TPSA) is 47.3 Å². The number of halogens is 3. The van der Waals surface area contributed by atoms with Crippen molar-refractivity contribution in [1.82, 2.24) is 14.6 Å². The average molecular weight is 308 g/mol. The van der Waals surface area contributed by atoms with Crippen LogP contribution in [0.3, 0.4) is 0 Å². The van der Waals surface area contributed by atoms with Gasteiger partial charge < -0.3 is 0 Å². The number of alkyl halides is 2. The van der Waals surface area contributed by atoms with Gasteiger partial charge in [-0.2, -0.15) is 5.10 Å². The zero-order chi connectivity index (χ0) is 15.0. The highest BCUT2D eigenvalue weighted by Gasteiger charge is 2.20. The van der Waals surface area contributed by atoms with Gasteiger partial charge in [-0.3, -0.25) is 4.79 Å². The van der Waals surface area contributed by atoms with Crippen LogP contribution in [0, 0.1) is 0 Å². The summed E-state index contributed by atoms with van der Waals surface area (Å²) in [4.78, 5) is 15.6. The smallest absolute Gasteiger partial charge is 0.275 e. The summed E-state index contributed by atoms with van der Waals surface area (Å²) in [5, 5.41) is 2.98. The predicted octanol–water partition coefficient (Wildman–Crippen LogP) is 3.71. The molecular weight excluding hydrogens is 300 g/mol. The summed E-state index contributed by atoms with van der Waals surface area (Å²) < 4.78 is 27.3. The molecule has 2 aromatic heterocycles. The van der Waals surface area contributed by atoms with Gasteiger partial charge in [0.2, 0.25) is 0 Å². The minimum atomic E-state index is -2.75. The first kappa shape index (κ1) is 13.6. The molecule has 0 fully saturated rings. The Morgan fingerprint density at radius 1 is 1.24 bits per heavy atom. The quantitative estimate of drug-likeness (QED) is 0.693. The molecule has 0 amide bonds. The summed E-state index contributed by atoms with van der Waals surface area (Å²) in [6.45, 7) is 0. The second-order valence-corrected chi connectivity index (χ2v) is 4.64. The van der Waals surface area contributed by atoms with Crippen LogP contribution in [-0.2, 0) is 0 Å². The number of fused-ring (bicyclic) bond motifs is 1. The summed E-state index contributed by atoms with van der Waals surface area (Å²) in [5.74, 6) is 0. The van der Waals surface area contributed by atoms with E-state index in [2.05, 4.69) is 10.1 Å². The predicted molar refractivity (Wildman–Crippen MR) is 73.6 cm³/mol. The van der Waals surface area contributed by atoms with Gasteiger partial charge in [0.15, 0.2) is 5.65 Å². The molecule has 1 aromatic carbocycles. The highest BCUT2D eigenvalue weighted by Crippen LogP contribution is 2.26. The zero-order valence-electron chi connectivity index (χ0n) is 10.5. The lowest BCUT2D eigenvalue weighted by molar-refractivity contribution is 0.108. The van der Waals surface area contributed by atoms with Gasteiger partial charge >= 0.3 is 0 Å². The molecule has 2 heterocycles. The van der Waals surface area contributed by atoms with E-state index < -0.39 is 11.7 Å². The van der Waals surface area contributed by atoms with Crippen LogP contribution in [0.5, 0.6) is 0 Å². The molecule has 0 bridgehead atoms. The van der Waals surface area contributed by atoms with Gasteiger partial charge in [-0.05, 0) is 17.7 Å². The highest BCUT2D eigenvalue weighted by molar-refractivity contribution is 6.68. The largest absolute Gasteiger partial charge is 0.280 e. The fraction of sp³-hybridized carbons (Fsp3) is 0.0714. The fourth-order valence-electron chi connectivity index (χ4n) is 2.04. The molecule has 106 valence electrons. The maximum atomic E-state index is 13.2. The third kappa shape index (κ3) is 2.38. The Bertz CT molecular complexity index is 818. The minimum absolute atomic E-state index is 0.00338.